The van der Waals surface area contributed by atoms with Crippen LogP contribution in [0, 0.1) is 0 Å². The van der Waals surface area contributed by atoms with Crippen molar-refractivity contribution in [3.63, 3.8) is 0 Å². The van der Waals surface area contributed by atoms with Crippen LogP contribution in [0.5, 0.6) is 5.75 Å². The molecule has 1 aromatic carbocycles. The van der Waals surface area contributed by atoms with Crippen LogP contribution in [0.3, 0.4) is 0 Å². The minimum Gasteiger partial charge on any atom is -0.492 e. The average molecular weight is 228 g/mol. The quantitative estimate of drug-likeness (QED) is 0.789. The number of hydrogen-bond donors (Lipinski definition) is 0. The maximum absolute atomic E-state index is 5.75. The van der Waals surface area contributed by atoms with Gasteiger partial charge < -0.3 is 4.74 Å². The Labute approximate surface area is 101 Å². The Hall–Kier alpha value is -1.77. The summed E-state index contributed by atoms with van der Waals surface area (Å²) in [6.07, 6.45) is 2.86. The Morgan fingerprint density at radius 3 is 3.00 bits per heavy atom. The van der Waals surface area contributed by atoms with Gasteiger partial charge in [-0.05, 0) is 31.5 Å². The average Bonchev–Trinajstić information content (AvgIpc) is 2.97. The number of para-hydroxylation sites is 1. The van der Waals surface area contributed by atoms with Crippen LogP contribution < -0.4 is 4.74 Å². The second kappa shape index (κ2) is 3.91. The summed E-state index contributed by atoms with van der Waals surface area (Å²) in [7, 11) is 0. The number of aromatic nitrogens is 2. The van der Waals surface area contributed by atoms with E-state index >= 15 is 0 Å². The Morgan fingerprint density at radius 2 is 2.18 bits per heavy atom. The van der Waals surface area contributed by atoms with Crippen molar-refractivity contribution in [2.75, 3.05) is 6.61 Å². The van der Waals surface area contributed by atoms with Gasteiger partial charge in [0.2, 0.25) is 0 Å². The molecule has 2 heterocycles. The largest absolute Gasteiger partial charge is 0.492 e. The van der Waals surface area contributed by atoms with Gasteiger partial charge in [-0.15, -0.1) is 0 Å². The molecule has 0 atom stereocenters. The molecule has 0 saturated heterocycles. The molecule has 0 radical (unpaired) electrons. The van der Waals surface area contributed by atoms with Crippen molar-refractivity contribution >= 4 is 0 Å². The van der Waals surface area contributed by atoms with Crippen LogP contribution in [0.1, 0.15) is 25.5 Å². The molecule has 3 rings (SSSR count). The first-order valence-corrected chi connectivity index (χ1v) is 6.06. The Morgan fingerprint density at radius 1 is 1.29 bits per heavy atom. The summed E-state index contributed by atoms with van der Waals surface area (Å²) in [6, 6.07) is 8.76. The molecular weight excluding hydrogens is 212 g/mol. The van der Waals surface area contributed by atoms with Gasteiger partial charge in [0, 0.05) is 24.2 Å². The number of ether oxygens (including phenoxy) is 1. The summed E-state index contributed by atoms with van der Waals surface area (Å²) in [6.45, 7) is 5.07. The van der Waals surface area contributed by atoms with E-state index < -0.39 is 0 Å². The van der Waals surface area contributed by atoms with Gasteiger partial charge in [-0.2, -0.15) is 5.10 Å². The third-order valence-electron chi connectivity index (χ3n) is 3.15. The Bertz CT molecular complexity index is 543. The highest BCUT2D eigenvalue weighted by Gasteiger charge is 2.19. The fraction of sp³-hybridized carbons (Fsp3) is 0.357. The first-order chi connectivity index (χ1) is 8.27. The highest BCUT2D eigenvalue weighted by molar-refractivity contribution is 5.70. The van der Waals surface area contributed by atoms with Gasteiger partial charge in [0.25, 0.3) is 0 Å². The number of hydrogen-bond acceptors (Lipinski definition) is 2. The van der Waals surface area contributed by atoms with Crippen molar-refractivity contribution in [2.45, 2.75) is 26.3 Å². The maximum atomic E-state index is 5.75. The monoisotopic (exact) mass is 228 g/mol. The first-order valence-electron chi connectivity index (χ1n) is 6.06. The second-order valence-electron chi connectivity index (χ2n) is 4.65. The van der Waals surface area contributed by atoms with E-state index in [2.05, 4.69) is 43.2 Å². The van der Waals surface area contributed by atoms with E-state index in [1.807, 2.05) is 10.9 Å². The zero-order chi connectivity index (χ0) is 11.8. The molecule has 0 spiro atoms. The Kier molecular flexibility index (Phi) is 2.39. The molecule has 3 nitrogen and oxygen atoms in total. The van der Waals surface area contributed by atoms with Crippen LogP contribution in [-0.2, 0) is 6.42 Å². The van der Waals surface area contributed by atoms with Crippen LogP contribution in [0.15, 0.2) is 30.5 Å². The van der Waals surface area contributed by atoms with E-state index in [9.17, 15) is 0 Å². The predicted molar refractivity (Wildman–Crippen MR) is 67.2 cm³/mol. The van der Waals surface area contributed by atoms with Crippen molar-refractivity contribution < 1.29 is 4.74 Å². The zero-order valence-electron chi connectivity index (χ0n) is 10.2. The van der Waals surface area contributed by atoms with Crippen LogP contribution >= 0.6 is 0 Å². The Balaban J connectivity index is 2.16. The smallest absolute Gasteiger partial charge is 0.131 e. The highest BCUT2D eigenvalue weighted by atomic mass is 16.5. The van der Waals surface area contributed by atoms with Gasteiger partial charge in [-0.1, -0.05) is 12.1 Å². The van der Waals surface area contributed by atoms with Gasteiger partial charge in [-0.25, -0.2) is 0 Å². The molecular formula is C14H16N2O. The van der Waals surface area contributed by atoms with Crippen molar-refractivity contribution in [1.82, 2.24) is 9.78 Å². The number of fused-ring (bicyclic) bond motifs is 1. The molecule has 88 valence electrons. The van der Waals surface area contributed by atoms with Gasteiger partial charge >= 0.3 is 0 Å². The van der Waals surface area contributed by atoms with Crippen molar-refractivity contribution in [3.05, 3.63) is 36.0 Å². The highest BCUT2D eigenvalue weighted by Crippen LogP contribution is 2.37. The standard InChI is InChI=1S/C14H16N2O/c1-10(2)16-13(6-8-15-16)12-5-3-4-11-7-9-17-14(11)12/h3-6,8,10H,7,9H2,1-2H3. The molecule has 0 amide bonds. The minimum absolute atomic E-state index is 0.359. The fourth-order valence-electron chi connectivity index (χ4n) is 2.36. The molecule has 17 heavy (non-hydrogen) atoms. The molecule has 1 aliphatic rings. The fourth-order valence-corrected chi connectivity index (χ4v) is 2.36. The molecule has 2 aromatic rings. The summed E-state index contributed by atoms with van der Waals surface area (Å²) in [5, 5.41) is 4.38. The van der Waals surface area contributed by atoms with Gasteiger partial charge in [0.15, 0.2) is 0 Å². The van der Waals surface area contributed by atoms with Gasteiger partial charge in [-0.3, -0.25) is 4.68 Å². The lowest BCUT2D eigenvalue weighted by atomic mass is 10.1. The molecule has 0 bridgehead atoms. The summed E-state index contributed by atoms with van der Waals surface area (Å²) in [4.78, 5) is 0. The summed E-state index contributed by atoms with van der Waals surface area (Å²) < 4.78 is 7.79. The molecule has 1 aromatic heterocycles. The summed E-state index contributed by atoms with van der Waals surface area (Å²) in [5.41, 5.74) is 3.60. The molecule has 0 fully saturated rings. The van der Waals surface area contributed by atoms with Crippen LogP contribution in [-0.4, -0.2) is 16.4 Å². The lowest BCUT2D eigenvalue weighted by molar-refractivity contribution is 0.357. The lowest BCUT2D eigenvalue weighted by Crippen LogP contribution is -2.05. The maximum Gasteiger partial charge on any atom is 0.131 e. The van der Waals surface area contributed by atoms with E-state index in [0.29, 0.717) is 6.04 Å². The zero-order valence-corrected chi connectivity index (χ0v) is 10.2. The van der Waals surface area contributed by atoms with Gasteiger partial charge in [0.05, 0.1) is 12.3 Å². The minimum atomic E-state index is 0.359. The number of nitrogens with zero attached hydrogens (tertiary/aromatic N) is 2. The topological polar surface area (TPSA) is 27.1 Å². The normalized spacial score (nSPS) is 13.8. The number of benzene rings is 1. The molecule has 0 N–H and O–H groups in total. The van der Waals surface area contributed by atoms with E-state index in [-0.39, 0.29) is 0 Å². The molecule has 0 unspecified atom stereocenters. The van der Waals surface area contributed by atoms with E-state index in [1.165, 1.54) is 5.56 Å². The third kappa shape index (κ3) is 1.62. The summed E-state index contributed by atoms with van der Waals surface area (Å²) >= 11 is 0. The number of rotatable bonds is 2. The van der Waals surface area contributed by atoms with Crippen molar-refractivity contribution in [3.8, 4) is 17.0 Å². The second-order valence-corrected chi connectivity index (χ2v) is 4.65. The molecule has 1 aliphatic heterocycles. The van der Waals surface area contributed by atoms with E-state index in [0.717, 1.165) is 30.0 Å². The molecule has 0 saturated carbocycles. The van der Waals surface area contributed by atoms with Crippen LogP contribution in [0.4, 0.5) is 0 Å². The van der Waals surface area contributed by atoms with Crippen LogP contribution in [0.25, 0.3) is 11.3 Å². The van der Waals surface area contributed by atoms with E-state index in [1.54, 1.807) is 0 Å². The molecule has 0 aliphatic carbocycles. The van der Waals surface area contributed by atoms with Crippen molar-refractivity contribution in [1.29, 1.82) is 0 Å². The van der Waals surface area contributed by atoms with Gasteiger partial charge in [0.1, 0.15) is 5.75 Å². The molecule has 3 heteroatoms. The van der Waals surface area contributed by atoms with E-state index in [4.69, 9.17) is 4.74 Å². The predicted octanol–water partition coefficient (Wildman–Crippen LogP) is 3.07. The van der Waals surface area contributed by atoms with Crippen LogP contribution in [0.2, 0.25) is 0 Å². The van der Waals surface area contributed by atoms with Crippen molar-refractivity contribution in [2.24, 2.45) is 0 Å². The third-order valence-corrected chi connectivity index (χ3v) is 3.15. The lowest BCUT2D eigenvalue weighted by Gasteiger charge is -2.13. The SMILES string of the molecule is CC(C)n1nccc1-c1cccc2c1OCC2. The first kappa shape index (κ1) is 10.4. The summed E-state index contributed by atoms with van der Waals surface area (Å²) in [5.74, 6) is 1.04.